The number of unbranched alkanes of at least 4 members (excludes halogenated alkanes) is 1. The van der Waals surface area contributed by atoms with E-state index in [0.29, 0.717) is 24.2 Å². The second kappa shape index (κ2) is 9.47. The van der Waals surface area contributed by atoms with E-state index < -0.39 is 0 Å². The molecule has 1 aromatic carbocycles. The van der Waals surface area contributed by atoms with Crippen LogP contribution >= 0.6 is 0 Å². The van der Waals surface area contributed by atoms with Crippen molar-refractivity contribution in [3.05, 3.63) is 59.4 Å². The lowest BCUT2D eigenvalue weighted by atomic mass is 10.1. The summed E-state index contributed by atoms with van der Waals surface area (Å²) in [6.45, 7) is 5.46. The van der Waals surface area contributed by atoms with Crippen molar-refractivity contribution in [3.8, 4) is 0 Å². The Hall–Kier alpha value is -2.93. The number of piperazine rings is 1. The maximum Gasteiger partial charge on any atom is 0.270 e. The van der Waals surface area contributed by atoms with Crippen LogP contribution in [0.25, 0.3) is 0 Å². The second-order valence-corrected chi connectivity index (χ2v) is 8.38. The van der Waals surface area contributed by atoms with E-state index in [1.165, 1.54) is 0 Å². The predicted octanol–water partition coefficient (Wildman–Crippen LogP) is 2.38. The van der Waals surface area contributed by atoms with Crippen LogP contribution in [0.4, 0.5) is 0 Å². The van der Waals surface area contributed by atoms with E-state index in [1.807, 2.05) is 46.0 Å². The zero-order valence-electron chi connectivity index (χ0n) is 18.1. The number of amides is 2. The van der Waals surface area contributed by atoms with Crippen LogP contribution in [0.2, 0.25) is 0 Å². The molecule has 2 aliphatic rings. The lowest BCUT2D eigenvalue weighted by molar-refractivity contribution is 0.0634. The molecule has 0 aliphatic carbocycles. The Morgan fingerprint density at radius 1 is 0.903 bits per heavy atom. The fourth-order valence-corrected chi connectivity index (χ4v) is 4.36. The molecule has 0 N–H and O–H groups in total. The third kappa shape index (κ3) is 4.71. The Bertz CT molecular complexity index is 945. The Balaban J connectivity index is 1.23. The zero-order valence-corrected chi connectivity index (χ0v) is 18.1. The van der Waals surface area contributed by atoms with E-state index in [1.54, 1.807) is 18.0 Å². The van der Waals surface area contributed by atoms with E-state index in [4.69, 9.17) is 0 Å². The smallest absolute Gasteiger partial charge is 0.270 e. The van der Waals surface area contributed by atoms with E-state index in [2.05, 4.69) is 4.90 Å². The van der Waals surface area contributed by atoms with Crippen LogP contribution in [0.3, 0.4) is 0 Å². The minimum atomic E-state index is -0.0648. The van der Waals surface area contributed by atoms with Crippen molar-refractivity contribution in [2.24, 2.45) is 0 Å². The molecule has 2 aliphatic heterocycles. The van der Waals surface area contributed by atoms with Crippen LogP contribution < -0.4 is 0 Å². The molecule has 1 fully saturated rings. The number of rotatable bonds is 6. The number of nitrogens with zero attached hydrogens (tertiary/aromatic N) is 4. The van der Waals surface area contributed by atoms with Crippen molar-refractivity contribution < 1.29 is 14.4 Å². The highest BCUT2D eigenvalue weighted by Gasteiger charge is 2.28. The van der Waals surface area contributed by atoms with Crippen LogP contribution in [-0.4, -0.2) is 83.2 Å². The van der Waals surface area contributed by atoms with E-state index in [9.17, 15) is 14.4 Å². The first kappa shape index (κ1) is 21.3. The van der Waals surface area contributed by atoms with Gasteiger partial charge in [-0.1, -0.05) is 18.2 Å². The molecule has 31 heavy (non-hydrogen) atoms. The Kier molecular flexibility index (Phi) is 6.51. The Morgan fingerprint density at radius 3 is 2.35 bits per heavy atom. The van der Waals surface area contributed by atoms with Gasteiger partial charge in [-0.2, -0.15) is 0 Å². The number of fused-ring (bicyclic) bond motifs is 1. The molecule has 0 radical (unpaired) electrons. The number of Topliss-reactive ketones (excluding diaryl/α,β-unsaturated/α-hetero) is 1. The van der Waals surface area contributed by atoms with Crippen LogP contribution in [-0.2, 0) is 6.54 Å². The predicted molar refractivity (Wildman–Crippen MR) is 118 cm³/mol. The maximum absolute atomic E-state index is 12.6. The number of benzene rings is 1. The van der Waals surface area contributed by atoms with Crippen LogP contribution in [0, 0.1) is 0 Å². The SMILES string of the molecule is CN1CCC(=O)c2ccn(CCCCN3CCN(C(=O)c4ccccc4)CC3)c2C1=O. The highest BCUT2D eigenvalue weighted by molar-refractivity contribution is 6.08. The number of hydrogen-bond acceptors (Lipinski definition) is 4. The molecule has 1 saturated heterocycles. The van der Waals surface area contributed by atoms with Gasteiger partial charge in [-0.25, -0.2) is 0 Å². The number of carbonyl (C=O) groups is 3. The summed E-state index contributed by atoms with van der Waals surface area (Å²) in [7, 11) is 1.75. The number of hydrogen-bond donors (Lipinski definition) is 0. The summed E-state index contributed by atoms with van der Waals surface area (Å²) >= 11 is 0. The van der Waals surface area contributed by atoms with Crippen molar-refractivity contribution in [1.29, 1.82) is 0 Å². The first-order valence-corrected chi connectivity index (χ1v) is 11.1. The average Bonchev–Trinajstić information content (AvgIpc) is 3.19. The van der Waals surface area contributed by atoms with Gasteiger partial charge in [-0.05, 0) is 37.6 Å². The molecule has 164 valence electrons. The van der Waals surface area contributed by atoms with Crippen LogP contribution in [0.15, 0.2) is 42.6 Å². The van der Waals surface area contributed by atoms with E-state index in [-0.39, 0.29) is 17.6 Å². The largest absolute Gasteiger partial charge is 0.343 e. The molecule has 4 rings (SSSR count). The highest BCUT2D eigenvalue weighted by atomic mass is 16.2. The highest BCUT2D eigenvalue weighted by Crippen LogP contribution is 2.20. The minimum Gasteiger partial charge on any atom is -0.343 e. The summed E-state index contributed by atoms with van der Waals surface area (Å²) in [4.78, 5) is 43.5. The third-order valence-electron chi connectivity index (χ3n) is 6.29. The van der Waals surface area contributed by atoms with Crippen molar-refractivity contribution >= 4 is 17.6 Å². The van der Waals surface area contributed by atoms with E-state index >= 15 is 0 Å². The number of ketones is 1. The topological polar surface area (TPSA) is 65.9 Å². The molecular weight excluding hydrogens is 392 g/mol. The molecule has 7 heteroatoms. The van der Waals surface area contributed by atoms with Gasteiger partial charge in [-0.3, -0.25) is 19.3 Å². The average molecular weight is 423 g/mol. The van der Waals surface area contributed by atoms with Gasteiger partial charge >= 0.3 is 0 Å². The molecule has 2 amide bonds. The van der Waals surface area contributed by atoms with Gasteiger partial charge in [0.15, 0.2) is 5.78 Å². The van der Waals surface area contributed by atoms with Crippen molar-refractivity contribution in [1.82, 2.24) is 19.3 Å². The summed E-state index contributed by atoms with van der Waals surface area (Å²) in [5.41, 5.74) is 1.85. The van der Waals surface area contributed by atoms with Gasteiger partial charge in [-0.15, -0.1) is 0 Å². The Morgan fingerprint density at radius 2 is 1.61 bits per heavy atom. The number of aryl methyl sites for hydroxylation is 1. The van der Waals surface area contributed by atoms with E-state index in [0.717, 1.165) is 57.7 Å². The lowest BCUT2D eigenvalue weighted by Gasteiger charge is -2.34. The van der Waals surface area contributed by atoms with Gasteiger partial charge in [0, 0.05) is 70.1 Å². The quantitative estimate of drug-likeness (QED) is 0.671. The summed E-state index contributed by atoms with van der Waals surface area (Å²) in [6, 6.07) is 11.2. The van der Waals surface area contributed by atoms with Crippen LogP contribution in [0.1, 0.15) is 50.5 Å². The zero-order chi connectivity index (χ0) is 21.8. The number of aromatic nitrogens is 1. The van der Waals surface area contributed by atoms with Gasteiger partial charge in [0.1, 0.15) is 5.69 Å². The summed E-state index contributed by atoms with van der Waals surface area (Å²) in [5.74, 6) is 0.0946. The molecule has 0 atom stereocenters. The van der Waals surface area contributed by atoms with Crippen LogP contribution in [0.5, 0.6) is 0 Å². The molecule has 2 aromatic rings. The van der Waals surface area contributed by atoms with Crippen molar-refractivity contribution in [2.75, 3.05) is 46.3 Å². The molecule has 0 bridgehead atoms. The summed E-state index contributed by atoms with van der Waals surface area (Å²) < 4.78 is 1.94. The first-order chi connectivity index (χ1) is 15.0. The maximum atomic E-state index is 12.6. The first-order valence-electron chi connectivity index (χ1n) is 11.1. The minimum absolute atomic E-state index is 0.0503. The van der Waals surface area contributed by atoms with Gasteiger partial charge in [0.2, 0.25) is 0 Å². The third-order valence-corrected chi connectivity index (χ3v) is 6.29. The Labute approximate surface area is 183 Å². The molecule has 3 heterocycles. The number of carbonyl (C=O) groups excluding carboxylic acids is 3. The lowest BCUT2D eigenvalue weighted by Crippen LogP contribution is -2.48. The molecule has 0 spiro atoms. The molecule has 0 saturated carbocycles. The van der Waals surface area contributed by atoms with Crippen molar-refractivity contribution in [2.45, 2.75) is 25.8 Å². The fourth-order valence-electron chi connectivity index (χ4n) is 4.36. The molecule has 1 aromatic heterocycles. The van der Waals surface area contributed by atoms with Crippen molar-refractivity contribution in [3.63, 3.8) is 0 Å². The standard InChI is InChI=1S/C24H30N4O3/c1-25-13-10-21(29)20-9-14-27(22(20)24(25)31)12-6-5-11-26-15-17-28(18-16-26)23(30)19-7-3-2-4-8-19/h2-4,7-9,14H,5-6,10-13,15-18H2,1H3. The monoisotopic (exact) mass is 422 g/mol. The molecule has 0 unspecified atom stereocenters. The summed E-state index contributed by atoms with van der Waals surface area (Å²) in [5, 5.41) is 0. The summed E-state index contributed by atoms with van der Waals surface area (Å²) in [6.07, 6.45) is 4.21. The van der Waals surface area contributed by atoms with Gasteiger partial charge in [0.25, 0.3) is 11.8 Å². The molecule has 7 nitrogen and oxygen atoms in total. The second-order valence-electron chi connectivity index (χ2n) is 8.38. The van der Waals surface area contributed by atoms with Gasteiger partial charge in [0.05, 0.1) is 0 Å². The normalized spacial score (nSPS) is 17.6. The molecular formula is C24H30N4O3. The fraction of sp³-hybridized carbons (Fsp3) is 0.458. The van der Waals surface area contributed by atoms with Gasteiger partial charge < -0.3 is 14.4 Å².